The average Bonchev–Trinajstić information content (AvgIpc) is 3.25. The van der Waals surface area contributed by atoms with Crippen LogP contribution in [0.25, 0.3) is 0 Å². The van der Waals surface area contributed by atoms with E-state index in [4.69, 9.17) is 5.73 Å². The summed E-state index contributed by atoms with van der Waals surface area (Å²) in [5.41, 5.74) is 6.23. The predicted octanol–water partition coefficient (Wildman–Crippen LogP) is 2.56. The number of likely N-dealkylation sites (tertiary alicyclic amines) is 2. The number of carbonyl (C=O) groups is 2. The highest BCUT2D eigenvalue weighted by molar-refractivity contribution is 6.12. The van der Waals surface area contributed by atoms with Crippen LogP contribution in [0.15, 0.2) is 34.5 Å². The predicted molar refractivity (Wildman–Crippen MR) is 130 cm³/mol. The van der Waals surface area contributed by atoms with Crippen molar-refractivity contribution in [3.8, 4) is 5.75 Å². The van der Waals surface area contributed by atoms with Crippen molar-refractivity contribution in [1.82, 2.24) is 9.80 Å². The molecule has 3 N–H and O–H groups in total. The monoisotopic (exact) mass is 522 g/mol. The first-order valence-electron chi connectivity index (χ1n) is 12.3. The number of nitrogens with zero attached hydrogens (tertiary/aromatic N) is 3. The van der Waals surface area contributed by atoms with Gasteiger partial charge in [0.25, 0.3) is 5.91 Å². The van der Waals surface area contributed by atoms with E-state index in [0.717, 1.165) is 18.6 Å². The van der Waals surface area contributed by atoms with Gasteiger partial charge >= 0.3 is 6.61 Å². The number of aliphatic imine (C=N–C) groups is 1. The molecule has 2 heterocycles. The Morgan fingerprint density at radius 2 is 1.92 bits per heavy atom. The summed E-state index contributed by atoms with van der Waals surface area (Å²) in [5, 5.41) is 10.0. The molecule has 1 aliphatic carbocycles. The third kappa shape index (κ3) is 5.46. The Bertz CT molecular complexity index is 1130. The fourth-order valence-electron chi connectivity index (χ4n) is 5.37. The van der Waals surface area contributed by atoms with Crippen LogP contribution < -0.4 is 10.5 Å². The first kappa shape index (κ1) is 27.0. The topological polar surface area (TPSA) is 108 Å². The second-order valence-electron chi connectivity index (χ2n) is 11.1. The molecule has 1 aromatic rings. The van der Waals surface area contributed by atoms with Crippen LogP contribution in [0.1, 0.15) is 32.8 Å². The molecule has 0 aromatic heterocycles. The first-order chi connectivity index (χ1) is 17.4. The van der Waals surface area contributed by atoms with E-state index in [1.54, 1.807) is 11.8 Å². The highest BCUT2D eigenvalue weighted by Gasteiger charge is 2.60. The fraction of sp³-hybridized carbons (Fsp3) is 0.577. The molecular formula is C26H33F3N4O4. The van der Waals surface area contributed by atoms with E-state index in [1.807, 2.05) is 4.90 Å². The lowest BCUT2D eigenvalue weighted by Crippen LogP contribution is -2.63. The number of alkyl halides is 2. The SMILES string of the molecule is CC(N)=C(C=NCc1ccc(F)cc1OC(F)F)C(=O)N1C[C@@H](CO)C2(C1)CN(C(=O)C1CC1(C)C)C2. The number of benzene rings is 1. The van der Waals surface area contributed by atoms with Crippen molar-refractivity contribution >= 4 is 18.0 Å². The number of ether oxygens (including phenoxy) is 1. The van der Waals surface area contributed by atoms with Crippen LogP contribution in [0.5, 0.6) is 5.75 Å². The number of amides is 2. The van der Waals surface area contributed by atoms with Gasteiger partial charge in [0, 0.05) is 73.6 Å². The lowest BCUT2D eigenvalue weighted by atomic mass is 9.71. The van der Waals surface area contributed by atoms with E-state index in [2.05, 4.69) is 23.6 Å². The van der Waals surface area contributed by atoms with Gasteiger partial charge in [0.15, 0.2) is 0 Å². The lowest BCUT2D eigenvalue weighted by molar-refractivity contribution is -0.148. The van der Waals surface area contributed by atoms with Gasteiger partial charge in [-0.1, -0.05) is 19.9 Å². The zero-order valence-electron chi connectivity index (χ0n) is 21.2. The number of aliphatic hydroxyl groups excluding tert-OH is 1. The van der Waals surface area contributed by atoms with Gasteiger partial charge in [-0.2, -0.15) is 8.78 Å². The number of allylic oxidation sites excluding steroid dienone is 1. The van der Waals surface area contributed by atoms with Gasteiger partial charge in [0.05, 0.1) is 12.1 Å². The summed E-state index contributed by atoms with van der Waals surface area (Å²) in [6.45, 7) is 4.04. The van der Waals surface area contributed by atoms with Crippen molar-refractivity contribution in [2.45, 2.75) is 40.3 Å². The molecule has 3 fully saturated rings. The van der Waals surface area contributed by atoms with E-state index in [-0.39, 0.29) is 70.2 Å². The number of hydrogen-bond donors (Lipinski definition) is 2. The number of hydrogen-bond acceptors (Lipinski definition) is 6. The normalized spacial score (nSPS) is 24.4. The number of rotatable bonds is 8. The third-order valence-electron chi connectivity index (χ3n) is 7.84. The molecule has 0 bridgehead atoms. The second-order valence-corrected chi connectivity index (χ2v) is 11.1. The summed E-state index contributed by atoms with van der Waals surface area (Å²) >= 11 is 0. The molecule has 202 valence electrons. The number of halogens is 3. The van der Waals surface area contributed by atoms with Crippen LogP contribution in [-0.4, -0.2) is 72.3 Å². The number of carbonyl (C=O) groups excluding carboxylic acids is 2. The zero-order chi connectivity index (χ0) is 27.1. The average molecular weight is 523 g/mol. The van der Waals surface area contributed by atoms with Crippen molar-refractivity contribution in [3.63, 3.8) is 0 Å². The summed E-state index contributed by atoms with van der Waals surface area (Å²) in [5.74, 6) is -1.42. The number of aliphatic hydroxyl groups is 1. The molecule has 37 heavy (non-hydrogen) atoms. The minimum absolute atomic E-state index is 0.0336. The molecule has 11 heteroatoms. The molecule has 4 rings (SSSR count). The van der Waals surface area contributed by atoms with E-state index >= 15 is 0 Å². The fourth-order valence-corrected chi connectivity index (χ4v) is 5.37. The molecule has 1 aromatic carbocycles. The molecular weight excluding hydrogens is 489 g/mol. The Balaban J connectivity index is 1.42. The molecule has 2 amide bonds. The van der Waals surface area contributed by atoms with Crippen molar-refractivity contribution < 1.29 is 32.6 Å². The van der Waals surface area contributed by atoms with E-state index in [1.165, 1.54) is 12.3 Å². The largest absolute Gasteiger partial charge is 0.434 e. The Kier molecular flexibility index (Phi) is 7.29. The van der Waals surface area contributed by atoms with Crippen LogP contribution in [0.4, 0.5) is 13.2 Å². The maximum absolute atomic E-state index is 13.5. The van der Waals surface area contributed by atoms with Crippen molar-refractivity contribution in [3.05, 3.63) is 40.8 Å². The molecule has 3 aliphatic rings. The maximum Gasteiger partial charge on any atom is 0.387 e. The molecule has 2 saturated heterocycles. The van der Waals surface area contributed by atoms with Gasteiger partial charge in [-0.05, 0) is 24.8 Å². The number of nitrogens with two attached hydrogens (primary N) is 1. The Morgan fingerprint density at radius 1 is 1.27 bits per heavy atom. The summed E-state index contributed by atoms with van der Waals surface area (Å²) in [6, 6.07) is 3.24. The standard InChI is InChI=1S/C26H33F3N4O4/c1-15(30)19(9-31-8-16-4-5-18(27)6-21(16)37-24(28)29)22(35)32-10-17(11-34)26(12-32)13-33(14-26)23(36)20-7-25(20,2)3/h4-6,9,17,20,24,34H,7-8,10-14,30H2,1-3H3/t17-,20?/m0/s1. The minimum atomic E-state index is -3.12. The van der Waals surface area contributed by atoms with Crippen molar-refractivity contribution in [2.24, 2.45) is 33.4 Å². The van der Waals surface area contributed by atoms with E-state index in [0.29, 0.717) is 26.2 Å². The quantitative estimate of drug-likeness (QED) is 0.403. The van der Waals surface area contributed by atoms with Crippen LogP contribution in [0.3, 0.4) is 0 Å². The van der Waals surface area contributed by atoms with E-state index in [9.17, 15) is 27.9 Å². The molecule has 8 nitrogen and oxygen atoms in total. The summed E-state index contributed by atoms with van der Waals surface area (Å²) in [4.78, 5) is 33.7. The van der Waals surface area contributed by atoms with Gasteiger partial charge in [-0.25, -0.2) is 4.39 Å². The maximum atomic E-state index is 13.5. The first-order valence-corrected chi connectivity index (χ1v) is 12.3. The molecule has 2 atom stereocenters. The Hall–Kier alpha value is -3.08. The van der Waals surface area contributed by atoms with Crippen molar-refractivity contribution in [1.29, 1.82) is 0 Å². The minimum Gasteiger partial charge on any atom is -0.434 e. The van der Waals surface area contributed by atoms with Gasteiger partial charge in [0.1, 0.15) is 11.6 Å². The molecule has 2 aliphatic heterocycles. The Morgan fingerprint density at radius 3 is 2.49 bits per heavy atom. The highest BCUT2D eigenvalue weighted by Crippen LogP contribution is 2.54. The van der Waals surface area contributed by atoms with Crippen molar-refractivity contribution in [2.75, 3.05) is 32.8 Å². The van der Waals surface area contributed by atoms with Gasteiger partial charge in [-0.15, -0.1) is 0 Å². The second kappa shape index (κ2) is 10.00. The smallest absolute Gasteiger partial charge is 0.387 e. The highest BCUT2D eigenvalue weighted by atomic mass is 19.3. The molecule has 1 saturated carbocycles. The molecule has 1 unspecified atom stereocenters. The van der Waals surface area contributed by atoms with Crippen LogP contribution in [-0.2, 0) is 16.1 Å². The molecule has 0 radical (unpaired) electrons. The van der Waals surface area contributed by atoms with Gasteiger partial charge in [-0.3, -0.25) is 14.6 Å². The van der Waals surface area contributed by atoms with E-state index < -0.39 is 12.4 Å². The van der Waals surface area contributed by atoms with Crippen LogP contribution in [0, 0.1) is 28.5 Å². The van der Waals surface area contributed by atoms with Crippen LogP contribution in [0.2, 0.25) is 0 Å². The third-order valence-corrected chi connectivity index (χ3v) is 7.84. The Labute approximate surface area is 214 Å². The van der Waals surface area contributed by atoms with Crippen LogP contribution >= 0.6 is 0 Å². The lowest BCUT2D eigenvalue weighted by Gasteiger charge is -2.51. The zero-order valence-corrected chi connectivity index (χ0v) is 21.2. The van der Waals surface area contributed by atoms with Gasteiger partial charge < -0.3 is 25.4 Å². The summed E-state index contributed by atoms with van der Waals surface area (Å²) < 4.78 is 43.2. The summed E-state index contributed by atoms with van der Waals surface area (Å²) in [6.07, 6.45) is 2.15. The molecule has 1 spiro atoms. The van der Waals surface area contributed by atoms with Gasteiger partial charge in [0.2, 0.25) is 5.91 Å². The summed E-state index contributed by atoms with van der Waals surface area (Å²) in [7, 11) is 0.